The van der Waals surface area contributed by atoms with Gasteiger partial charge in [-0.25, -0.2) is 13.2 Å². The lowest BCUT2D eigenvalue weighted by Crippen LogP contribution is -2.15. The lowest BCUT2D eigenvalue weighted by atomic mass is 10.3. The van der Waals surface area contributed by atoms with Gasteiger partial charge >= 0.3 is 5.97 Å². The zero-order chi connectivity index (χ0) is 19.9. The van der Waals surface area contributed by atoms with Crippen LogP contribution < -0.4 is 18.9 Å². The molecule has 0 aliphatic carbocycles. The van der Waals surface area contributed by atoms with Crippen molar-refractivity contribution in [2.45, 2.75) is 11.8 Å². The van der Waals surface area contributed by atoms with Crippen molar-refractivity contribution in [3.8, 4) is 17.2 Å². The van der Waals surface area contributed by atoms with Gasteiger partial charge in [-0.05, 0) is 43.3 Å². The molecule has 2 aromatic rings. The van der Waals surface area contributed by atoms with Crippen molar-refractivity contribution in [1.29, 1.82) is 0 Å². The fraction of sp³-hybridized carbons (Fsp3) is 0.278. The van der Waals surface area contributed by atoms with Gasteiger partial charge in [0.25, 0.3) is 10.0 Å². The van der Waals surface area contributed by atoms with Crippen LogP contribution in [-0.4, -0.2) is 41.8 Å². The quantitative estimate of drug-likeness (QED) is 0.651. The number of carbonyl (C=O) groups is 1. The van der Waals surface area contributed by atoms with Crippen molar-refractivity contribution in [1.82, 2.24) is 0 Å². The number of carbonyl (C=O) groups excluding carboxylic acids is 1. The molecule has 0 saturated heterocycles. The van der Waals surface area contributed by atoms with Crippen LogP contribution in [0.2, 0.25) is 0 Å². The number of ether oxygens (including phenoxy) is 4. The lowest BCUT2D eigenvalue weighted by molar-refractivity contribution is -0.145. The highest BCUT2D eigenvalue weighted by Crippen LogP contribution is 2.31. The van der Waals surface area contributed by atoms with E-state index >= 15 is 0 Å². The van der Waals surface area contributed by atoms with Gasteiger partial charge in [0, 0.05) is 6.07 Å². The van der Waals surface area contributed by atoms with Gasteiger partial charge in [0.1, 0.15) is 17.2 Å². The molecule has 27 heavy (non-hydrogen) atoms. The van der Waals surface area contributed by atoms with Crippen molar-refractivity contribution >= 4 is 21.7 Å². The maximum atomic E-state index is 12.6. The number of sulfonamides is 1. The van der Waals surface area contributed by atoms with E-state index in [1.54, 1.807) is 19.1 Å². The molecular weight excluding hydrogens is 374 g/mol. The fourth-order valence-electron chi connectivity index (χ4n) is 2.16. The topological polar surface area (TPSA) is 100 Å². The van der Waals surface area contributed by atoms with Crippen LogP contribution in [0, 0.1) is 0 Å². The molecule has 2 rings (SSSR count). The van der Waals surface area contributed by atoms with Gasteiger partial charge in [-0.15, -0.1) is 0 Å². The van der Waals surface area contributed by atoms with E-state index in [0.717, 1.165) is 0 Å². The minimum atomic E-state index is -3.86. The van der Waals surface area contributed by atoms with Gasteiger partial charge < -0.3 is 18.9 Å². The number of anilines is 1. The van der Waals surface area contributed by atoms with Gasteiger partial charge in [-0.3, -0.25) is 4.72 Å². The van der Waals surface area contributed by atoms with Crippen molar-refractivity contribution in [3.05, 3.63) is 42.5 Å². The first-order chi connectivity index (χ1) is 12.9. The molecule has 0 aliphatic rings. The molecule has 0 aliphatic heterocycles. The average molecular weight is 395 g/mol. The van der Waals surface area contributed by atoms with E-state index in [4.69, 9.17) is 18.9 Å². The normalized spacial score (nSPS) is 10.8. The minimum Gasteiger partial charge on any atom is -0.497 e. The molecule has 0 spiro atoms. The smallest absolute Gasteiger partial charge is 0.344 e. The van der Waals surface area contributed by atoms with Gasteiger partial charge in [0.2, 0.25) is 0 Å². The van der Waals surface area contributed by atoms with Crippen LogP contribution in [-0.2, 0) is 19.6 Å². The standard InChI is InChI=1S/C18H21NO7S/c1-4-25-18(20)12-26-13-5-8-15(9-6-13)27(21,22)19-16-11-14(23-2)7-10-17(16)24-3/h5-11,19H,4,12H2,1-3H3. The Hall–Kier alpha value is -2.94. The minimum absolute atomic E-state index is 0.0239. The highest BCUT2D eigenvalue weighted by Gasteiger charge is 2.17. The van der Waals surface area contributed by atoms with E-state index in [9.17, 15) is 13.2 Å². The zero-order valence-corrected chi connectivity index (χ0v) is 16.0. The van der Waals surface area contributed by atoms with Gasteiger partial charge in [0.05, 0.1) is 31.4 Å². The largest absolute Gasteiger partial charge is 0.497 e. The molecule has 0 unspecified atom stereocenters. The van der Waals surface area contributed by atoms with Crippen LogP contribution in [0.25, 0.3) is 0 Å². The number of esters is 1. The Balaban J connectivity index is 2.14. The summed E-state index contributed by atoms with van der Waals surface area (Å²) in [4.78, 5) is 11.3. The first-order valence-electron chi connectivity index (χ1n) is 8.03. The molecule has 146 valence electrons. The molecule has 2 aromatic carbocycles. The van der Waals surface area contributed by atoms with E-state index < -0.39 is 16.0 Å². The summed E-state index contributed by atoms with van der Waals surface area (Å²) in [7, 11) is -0.939. The zero-order valence-electron chi connectivity index (χ0n) is 15.2. The molecular formula is C18H21NO7S. The molecule has 0 aromatic heterocycles. The second kappa shape index (κ2) is 9.13. The summed E-state index contributed by atoms with van der Waals surface area (Å²) in [5.41, 5.74) is 0.250. The Morgan fingerprint density at radius 2 is 1.67 bits per heavy atom. The summed E-state index contributed by atoms with van der Waals surface area (Å²) in [5.74, 6) is 0.687. The van der Waals surface area contributed by atoms with Crippen LogP contribution in [0.1, 0.15) is 6.92 Å². The molecule has 0 fully saturated rings. The van der Waals surface area contributed by atoms with E-state index in [0.29, 0.717) is 17.2 Å². The molecule has 0 radical (unpaired) electrons. The molecule has 0 heterocycles. The number of rotatable bonds is 9. The third-order valence-electron chi connectivity index (χ3n) is 3.45. The number of hydrogen-bond donors (Lipinski definition) is 1. The van der Waals surface area contributed by atoms with Crippen LogP contribution in [0.5, 0.6) is 17.2 Å². The Morgan fingerprint density at radius 3 is 2.26 bits per heavy atom. The summed E-state index contributed by atoms with van der Waals surface area (Å²) in [6.07, 6.45) is 0. The van der Waals surface area contributed by atoms with Gasteiger partial charge in [0.15, 0.2) is 6.61 Å². The Labute approximate surface area is 158 Å². The van der Waals surface area contributed by atoms with Crippen molar-refractivity contribution in [2.75, 3.05) is 32.2 Å². The predicted octanol–water partition coefficient (Wildman–Crippen LogP) is 2.45. The molecule has 0 bridgehead atoms. The monoisotopic (exact) mass is 395 g/mol. The number of nitrogens with one attached hydrogen (secondary N) is 1. The molecule has 0 amide bonds. The SMILES string of the molecule is CCOC(=O)COc1ccc(S(=O)(=O)Nc2cc(OC)ccc2OC)cc1. The third kappa shape index (κ3) is 5.52. The van der Waals surface area contributed by atoms with Crippen molar-refractivity contribution < 1.29 is 32.2 Å². The first kappa shape index (κ1) is 20.4. The molecule has 0 atom stereocenters. The highest BCUT2D eigenvalue weighted by molar-refractivity contribution is 7.92. The highest BCUT2D eigenvalue weighted by atomic mass is 32.2. The number of benzene rings is 2. The first-order valence-corrected chi connectivity index (χ1v) is 9.51. The van der Waals surface area contributed by atoms with Gasteiger partial charge in [-0.1, -0.05) is 0 Å². The Bertz CT molecular complexity index is 879. The molecule has 9 heteroatoms. The second-order valence-electron chi connectivity index (χ2n) is 5.24. The van der Waals surface area contributed by atoms with Crippen LogP contribution >= 0.6 is 0 Å². The van der Waals surface area contributed by atoms with Gasteiger partial charge in [-0.2, -0.15) is 0 Å². The van der Waals surface area contributed by atoms with Crippen LogP contribution in [0.15, 0.2) is 47.4 Å². The lowest BCUT2D eigenvalue weighted by Gasteiger charge is -2.13. The summed E-state index contributed by atoms with van der Waals surface area (Å²) < 4.78 is 48.0. The Morgan fingerprint density at radius 1 is 1.00 bits per heavy atom. The molecule has 0 saturated carbocycles. The molecule has 1 N–H and O–H groups in total. The maximum absolute atomic E-state index is 12.6. The number of methoxy groups -OCH3 is 2. The third-order valence-corrected chi connectivity index (χ3v) is 4.83. The van der Waals surface area contributed by atoms with Crippen LogP contribution in [0.3, 0.4) is 0 Å². The number of hydrogen-bond acceptors (Lipinski definition) is 7. The van der Waals surface area contributed by atoms with E-state index in [1.807, 2.05) is 0 Å². The van der Waals surface area contributed by atoms with E-state index in [2.05, 4.69) is 4.72 Å². The van der Waals surface area contributed by atoms with Crippen LogP contribution in [0.4, 0.5) is 5.69 Å². The molecule has 8 nitrogen and oxygen atoms in total. The fourth-order valence-corrected chi connectivity index (χ4v) is 3.22. The second-order valence-corrected chi connectivity index (χ2v) is 6.92. The Kier molecular flexibility index (Phi) is 6.89. The van der Waals surface area contributed by atoms with E-state index in [-0.39, 0.29) is 23.8 Å². The summed E-state index contributed by atoms with van der Waals surface area (Å²) in [5, 5.41) is 0. The van der Waals surface area contributed by atoms with Crippen molar-refractivity contribution in [2.24, 2.45) is 0 Å². The summed E-state index contributed by atoms with van der Waals surface area (Å²) in [6.45, 7) is 1.71. The predicted molar refractivity (Wildman–Crippen MR) is 98.9 cm³/mol. The maximum Gasteiger partial charge on any atom is 0.344 e. The van der Waals surface area contributed by atoms with Crippen molar-refractivity contribution in [3.63, 3.8) is 0 Å². The van der Waals surface area contributed by atoms with E-state index in [1.165, 1.54) is 44.6 Å². The summed E-state index contributed by atoms with van der Waals surface area (Å²) in [6, 6.07) is 10.4. The summed E-state index contributed by atoms with van der Waals surface area (Å²) >= 11 is 0. The average Bonchev–Trinajstić information content (AvgIpc) is 2.66.